The van der Waals surface area contributed by atoms with E-state index < -0.39 is 10.0 Å². The van der Waals surface area contributed by atoms with Crippen molar-refractivity contribution in [2.45, 2.75) is 59.0 Å². The van der Waals surface area contributed by atoms with Gasteiger partial charge in [0.2, 0.25) is 10.0 Å². The first-order chi connectivity index (χ1) is 9.84. The Bertz CT molecular complexity index is 512. The lowest BCUT2D eigenvalue weighted by Crippen LogP contribution is -2.30. The van der Waals surface area contributed by atoms with Gasteiger partial charge in [-0.2, -0.15) is 0 Å². The van der Waals surface area contributed by atoms with E-state index in [1.165, 1.54) is 4.88 Å². The van der Waals surface area contributed by atoms with Crippen LogP contribution in [0.4, 0.5) is 0 Å². The highest BCUT2D eigenvalue weighted by molar-refractivity contribution is 7.89. The average molecular weight is 334 g/mol. The Morgan fingerprint density at radius 3 is 2.57 bits per heavy atom. The van der Waals surface area contributed by atoms with Crippen LogP contribution in [-0.2, 0) is 16.4 Å². The molecule has 7 heteroatoms. The summed E-state index contributed by atoms with van der Waals surface area (Å²) in [7, 11) is -3.24. The van der Waals surface area contributed by atoms with Gasteiger partial charge in [0.1, 0.15) is 5.01 Å². The van der Waals surface area contributed by atoms with Crippen LogP contribution in [0, 0.1) is 0 Å². The number of hydrogen-bond donors (Lipinski definition) is 2. The number of unbranched alkanes of at least 4 members (excludes halogenated alkanes) is 1. The summed E-state index contributed by atoms with van der Waals surface area (Å²) in [5.74, 6) is 0.170. The van der Waals surface area contributed by atoms with Crippen molar-refractivity contribution in [3.8, 4) is 0 Å². The molecule has 0 bridgehead atoms. The normalized spacial score (nSPS) is 13.8. The van der Waals surface area contributed by atoms with Gasteiger partial charge in [-0.3, -0.25) is 0 Å². The van der Waals surface area contributed by atoms with Crippen LogP contribution in [0.3, 0.4) is 0 Å². The molecule has 0 saturated heterocycles. The first kappa shape index (κ1) is 18.5. The van der Waals surface area contributed by atoms with Gasteiger partial charge < -0.3 is 5.32 Å². The Labute approximate surface area is 132 Å². The first-order valence-electron chi connectivity index (χ1n) is 7.52. The van der Waals surface area contributed by atoms with Gasteiger partial charge in [-0.15, -0.1) is 11.3 Å². The first-order valence-corrected chi connectivity index (χ1v) is 9.99. The molecule has 1 atom stereocenters. The minimum absolute atomic E-state index is 0.170. The van der Waals surface area contributed by atoms with E-state index in [0.717, 1.165) is 24.4 Å². The molecule has 0 aliphatic rings. The molecule has 0 aliphatic heterocycles. The third kappa shape index (κ3) is 7.35. The predicted octanol–water partition coefficient (Wildman–Crippen LogP) is 2.46. The van der Waals surface area contributed by atoms with Crippen LogP contribution in [-0.4, -0.2) is 31.7 Å². The molecule has 0 radical (unpaired) electrons. The molecule has 1 aromatic rings. The second-order valence-corrected chi connectivity index (χ2v) is 8.51. The fourth-order valence-electron chi connectivity index (χ4n) is 1.87. The number of nitrogens with one attached hydrogen (secondary N) is 2. The van der Waals surface area contributed by atoms with Crippen LogP contribution in [0.2, 0.25) is 0 Å². The standard InChI is InChI=1S/C14H27N3O2S2/c1-5-13-10-16-14(20-13)12(4)17-21(18,19)9-7-6-8-15-11(2)3/h10-12,15,17H,5-9H2,1-4H3. The van der Waals surface area contributed by atoms with E-state index in [2.05, 4.69) is 35.8 Å². The van der Waals surface area contributed by atoms with E-state index in [1.807, 2.05) is 13.1 Å². The Morgan fingerprint density at radius 2 is 2.00 bits per heavy atom. The lowest BCUT2D eigenvalue weighted by molar-refractivity contribution is 0.549. The van der Waals surface area contributed by atoms with Crippen molar-refractivity contribution >= 4 is 21.4 Å². The lowest BCUT2D eigenvalue weighted by atomic mass is 10.3. The molecule has 122 valence electrons. The number of thiazole rings is 1. The summed E-state index contributed by atoms with van der Waals surface area (Å²) in [6, 6.07) is 0.187. The third-order valence-electron chi connectivity index (χ3n) is 3.04. The van der Waals surface area contributed by atoms with Gasteiger partial charge in [-0.05, 0) is 32.7 Å². The second-order valence-electron chi connectivity index (χ2n) is 5.49. The van der Waals surface area contributed by atoms with Gasteiger partial charge in [0, 0.05) is 17.1 Å². The Hall–Kier alpha value is -0.500. The Kier molecular flexibility index (Phi) is 7.79. The molecule has 1 heterocycles. The van der Waals surface area contributed by atoms with Crippen molar-refractivity contribution < 1.29 is 8.42 Å². The number of aromatic nitrogens is 1. The number of nitrogens with zero attached hydrogens (tertiary/aromatic N) is 1. The van der Waals surface area contributed by atoms with E-state index in [0.29, 0.717) is 12.5 Å². The number of aryl methyl sites for hydroxylation is 1. The van der Waals surface area contributed by atoms with Gasteiger partial charge in [0.05, 0.1) is 11.8 Å². The van der Waals surface area contributed by atoms with Crippen molar-refractivity contribution in [2.75, 3.05) is 12.3 Å². The predicted molar refractivity (Wildman–Crippen MR) is 89.2 cm³/mol. The quantitative estimate of drug-likeness (QED) is 0.645. The number of sulfonamides is 1. The van der Waals surface area contributed by atoms with E-state index in [9.17, 15) is 8.42 Å². The maximum Gasteiger partial charge on any atom is 0.212 e. The maximum absolute atomic E-state index is 12.0. The van der Waals surface area contributed by atoms with Crippen molar-refractivity contribution in [3.63, 3.8) is 0 Å². The molecular weight excluding hydrogens is 306 g/mol. The minimum Gasteiger partial charge on any atom is -0.315 e. The molecule has 21 heavy (non-hydrogen) atoms. The molecule has 0 saturated carbocycles. The van der Waals surface area contributed by atoms with E-state index in [4.69, 9.17) is 0 Å². The minimum atomic E-state index is -3.24. The second kappa shape index (κ2) is 8.82. The monoisotopic (exact) mass is 333 g/mol. The molecule has 0 amide bonds. The van der Waals surface area contributed by atoms with Gasteiger partial charge in [0.25, 0.3) is 0 Å². The molecule has 0 aromatic carbocycles. The van der Waals surface area contributed by atoms with Gasteiger partial charge in [-0.1, -0.05) is 20.8 Å². The molecular formula is C14H27N3O2S2. The summed E-state index contributed by atoms with van der Waals surface area (Å²) < 4.78 is 26.8. The maximum atomic E-state index is 12.0. The number of hydrogen-bond acceptors (Lipinski definition) is 5. The summed E-state index contributed by atoms with van der Waals surface area (Å²) in [6.07, 6.45) is 4.28. The summed E-state index contributed by atoms with van der Waals surface area (Å²) >= 11 is 1.57. The van der Waals surface area contributed by atoms with Crippen LogP contribution < -0.4 is 10.0 Å². The van der Waals surface area contributed by atoms with E-state index >= 15 is 0 Å². The van der Waals surface area contributed by atoms with Crippen molar-refractivity contribution in [2.24, 2.45) is 0 Å². The van der Waals surface area contributed by atoms with Crippen LogP contribution in [0.25, 0.3) is 0 Å². The van der Waals surface area contributed by atoms with Crippen molar-refractivity contribution in [1.29, 1.82) is 0 Å². The van der Waals surface area contributed by atoms with E-state index in [-0.39, 0.29) is 11.8 Å². The highest BCUT2D eigenvalue weighted by atomic mass is 32.2. The van der Waals surface area contributed by atoms with Crippen LogP contribution in [0.15, 0.2) is 6.20 Å². The van der Waals surface area contributed by atoms with Crippen LogP contribution >= 0.6 is 11.3 Å². The molecule has 0 spiro atoms. The Morgan fingerprint density at radius 1 is 1.29 bits per heavy atom. The third-order valence-corrected chi connectivity index (χ3v) is 5.90. The lowest BCUT2D eigenvalue weighted by Gasteiger charge is -2.12. The smallest absolute Gasteiger partial charge is 0.212 e. The van der Waals surface area contributed by atoms with E-state index in [1.54, 1.807) is 11.3 Å². The summed E-state index contributed by atoms with van der Waals surface area (Å²) in [5, 5.41) is 4.11. The fraction of sp³-hybridized carbons (Fsp3) is 0.786. The molecule has 0 aliphatic carbocycles. The zero-order valence-corrected chi connectivity index (χ0v) is 15.0. The highest BCUT2D eigenvalue weighted by Crippen LogP contribution is 2.20. The molecule has 1 rings (SSSR count). The average Bonchev–Trinajstić information content (AvgIpc) is 2.86. The molecule has 5 nitrogen and oxygen atoms in total. The fourth-order valence-corrected chi connectivity index (χ4v) is 4.16. The summed E-state index contributed by atoms with van der Waals surface area (Å²) in [5.41, 5.74) is 0. The topological polar surface area (TPSA) is 71.1 Å². The van der Waals surface area contributed by atoms with Gasteiger partial charge in [0.15, 0.2) is 0 Å². The van der Waals surface area contributed by atoms with Gasteiger partial charge in [-0.25, -0.2) is 18.1 Å². The van der Waals surface area contributed by atoms with Crippen LogP contribution in [0.5, 0.6) is 0 Å². The zero-order chi connectivity index (χ0) is 15.9. The molecule has 2 N–H and O–H groups in total. The number of rotatable bonds is 10. The molecule has 0 fully saturated rings. The highest BCUT2D eigenvalue weighted by Gasteiger charge is 2.17. The van der Waals surface area contributed by atoms with Crippen molar-refractivity contribution in [3.05, 3.63) is 16.1 Å². The SMILES string of the molecule is CCc1cnc(C(C)NS(=O)(=O)CCCCNC(C)C)s1. The molecule has 1 unspecified atom stereocenters. The molecule has 1 aromatic heterocycles. The van der Waals surface area contributed by atoms with Crippen LogP contribution in [0.1, 0.15) is 56.5 Å². The Balaban J connectivity index is 2.37. The summed E-state index contributed by atoms with van der Waals surface area (Å²) in [4.78, 5) is 5.46. The van der Waals surface area contributed by atoms with Gasteiger partial charge >= 0.3 is 0 Å². The zero-order valence-electron chi connectivity index (χ0n) is 13.3. The largest absolute Gasteiger partial charge is 0.315 e. The summed E-state index contributed by atoms with van der Waals surface area (Å²) in [6.45, 7) is 8.93. The van der Waals surface area contributed by atoms with Crippen molar-refractivity contribution in [1.82, 2.24) is 15.0 Å².